The third kappa shape index (κ3) is 1.97. The Labute approximate surface area is 107 Å². The average Bonchev–Trinajstić information content (AvgIpc) is 3.00. The topological polar surface area (TPSA) is 80.0 Å². The van der Waals surface area contributed by atoms with Crippen molar-refractivity contribution in [2.24, 2.45) is 0 Å². The molecule has 0 spiro atoms. The van der Waals surface area contributed by atoms with Gasteiger partial charge in [0.2, 0.25) is 4.96 Å². The number of hydrogen-bond acceptors (Lipinski definition) is 7. The molecule has 3 aromatic heterocycles. The van der Waals surface area contributed by atoms with Gasteiger partial charge < -0.3 is 10.6 Å². The van der Waals surface area contributed by atoms with Crippen LogP contribution in [-0.2, 0) is 6.54 Å². The first kappa shape index (κ1) is 10.9. The first-order valence-electron chi connectivity index (χ1n) is 5.36. The van der Waals surface area contributed by atoms with E-state index >= 15 is 0 Å². The monoisotopic (exact) mass is 261 g/mol. The Bertz CT molecular complexity index is 659. The van der Waals surface area contributed by atoms with Gasteiger partial charge in [0.1, 0.15) is 24.3 Å². The molecule has 3 aromatic rings. The molecule has 0 atom stereocenters. The van der Waals surface area contributed by atoms with E-state index in [2.05, 4.69) is 30.7 Å². The van der Waals surface area contributed by atoms with E-state index in [0.717, 1.165) is 22.3 Å². The zero-order valence-electron chi connectivity index (χ0n) is 9.66. The third-order valence-corrected chi connectivity index (χ3v) is 3.34. The molecular formula is C10H11N7S. The van der Waals surface area contributed by atoms with E-state index in [-0.39, 0.29) is 0 Å². The van der Waals surface area contributed by atoms with E-state index in [9.17, 15) is 0 Å². The zero-order valence-corrected chi connectivity index (χ0v) is 10.5. The van der Waals surface area contributed by atoms with Gasteiger partial charge in [-0.25, -0.2) is 19.5 Å². The van der Waals surface area contributed by atoms with Gasteiger partial charge in [-0.05, 0) is 0 Å². The van der Waals surface area contributed by atoms with Crippen LogP contribution in [0.25, 0.3) is 4.96 Å². The maximum absolute atomic E-state index is 4.16. The van der Waals surface area contributed by atoms with E-state index in [1.165, 1.54) is 6.33 Å². The second-order valence-corrected chi connectivity index (χ2v) is 4.41. The lowest BCUT2D eigenvalue weighted by Gasteiger charge is -2.05. The Hall–Kier alpha value is -2.22. The number of aromatic nitrogens is 5. The zero-order chi connectivity index (χ0) is 12.4. The molecule has 3 rings (SSSR count). The van der Waals surface area contributed by atoms with Crippen LogP contribution in [0.3, 0.4) is 0 Å². The van der Waals surface area contributed by atoms with Crippen molar-refractivity contribution in [3.05, 3.63) is 29.8 Å². The van der Waals surface area contributed by atoms with Crippen LogP contribution < -0.4 is 10.6 Å². The number of thiazole rings is 1. The molecule has 0 saturated carbocycles. The fraction of sp³-hybridized carbons (Fsp3) is 0.200. The van der Waals surface area contributed by atoms with Gasteiger partial charge in [0.05, 0.1) is 12.2 Å². The standard InChI is InChI=1S/C10H11N7S/c1-11-8-2-9(14-5-13-8)12-3-7-4-18-10-15-6-16-17(7)10/h2,4-6H,3H2,1H3,(H2,11,12,13,14). The molecule has 7 nitrogen and oxygen atoms in total. The van der Waals surface area contributed by atoms with E-state index in [0.29, 0.717) is 6.54 Å². The highest BCUT2D eigenvalue weighted by molar-refractivity contribution is 7.15. The lowest BCUT2D eigenvalue weighted by molar-refractivity contribution is 0.883. The Kier molecular flexibility index (Phi) is 2.77. The van der Waals surface area contributed by atoms with Crippen LogP contribution in [-0.4, -0.2) is 31.6 Å². The number of fused-ring (bicyclic) bond motifs is 1. The Morgan fingerprint density at radius 3 is 3.00 bits per heavy atom. The van der Waals surface area contributed by atoms with Crippen LogP contribution in [0.5, 0.6) is 0 Å². The minimum atomic E-state index is 0.642. The van der Waals surface area contributed by atoms with Crippen molar-refractivity contribution >= 4 is 27.9 Å². The van der Waals surface area contributed by atoms with E-state index < -0.39 is 0 Å². The van der Waals surface area contributed by atoms with Crippen LogP contribution in [0.1, 0.15) is 5.69 Å². The highest BCUT2D eigenvalue weighted by Crippen LogP contribution is 2.14. The summed E-state index contributed by atoms with van der Waals surface area (Å²) in [5, 5.41) is 12.4. The van der Waals surface area contributed by atoms with Crippen molar-refractivity contribution in [1.29, 1.82) is 0 Å². The number of nitrogens with one attached hydrogen (secondary N) is 2. The smallest absolute Gasteiger partial charge is 0.212 e. The lowest BCUT2D eigenvalue weighted by Crippen LogP contribution is -2.05. The molecule has 0 fully saturated rings. The Balaban J connectivity index is 1.76. The van der Waals surface area contributed by atoms with Crippen molar-refractivity contribution in [3.63, 3.8) is 0 Å². The summed E-state index contributed by atoms with van der Waals surface area (Å²) in [6, 6.07) is 1.85. The largest absolute Gasteiger partial charge is 0.373 e. The lowest BCUT2D eigenvalue weighted by atomic mass is 10.4. The quantitative estimate of drug-likeness (QED) is 0.735. The Morgan fingerprint density at radius 2 is 2.11 bits per heavy atom. The van der Waals surface area contributed by atoms with Crippen molar-refractivity contribution in [1.82, 2.24) is 24.6 Å². The maximum atomic E-state index is 4.16. The fourth-order valence-corrected chi connectivity index (χ4v) is 2.36. The summed E-state index contributed by atoms with van der Waals surface area (Å²) >= 11 is 1.57. The number of nitrogens with zero attached hydrogens (tertiary/aromatic N) is 5. The van der Waals surface area contributed by atoms with Gasteiger partial charge in [-0.15, -0.1) is 11.3 Å². The molecule has 2 N–H and O–H groups in total. The van der Waals surface area contributed by atoms with Crippen LogP contribution in [0.2, 0.25) is 0 Å². The van der Waals surface area contributed by atoms with Gasteiger partial charge >= 0.3 is 0 Å². The van der Waals surface area contributed by atoms with Gasteiger partial charge in [-0.3, -0.25) is 0 Å². The van der Waals surface area contributed by atoms with Crippen molar-refractivity contribution in [3.8, 4) is 0 Å². The first-order valence-corrected chi connectivity index (χ1v) is 6.24. The van der Waals surface area contributed by atoms with Gasteiger partial charge in [0.25, 0.3) is 0 Å². The van der Waals surface area contributed by atoms with Crippen molar-refractivity contribution in [2.75, 3.05) is 17.7 Å². The molecular weight excluding hydrogens is 250 g/mol. The summed E-state index contributed by atoms with van der Waals surface area (Å²) in [7, 11) is 1.82. The molecule has 0 aliphatic rings. The molecule has 0 aliphatic carbocycles. The summed E-state index contributed by atoms with van der Waals surface area (Å²) in [6.45, 7) is 0.642. The van der Waals surface area contributed by atoms with Crippen LogP contribution in [0.4, 0.5) is 11.6 Å². The summed E-state index contributed by atoms with van der Waals surface area (Å²) < 4.78 is 1.82. The summed E-state index contributed by atoms with van der Waals surface area (Å²) in [4.78, 5) is 13.2. The molecule has 0 aliphatic heterocycles. The highest BCUT2D eigenvalue weighted by Gasteiger charge is 2.05. The fourth-order valence-electron chi connectivity index (χ4n) is 1.57. The van der Waals surface area contributed by atoms with E-state index in [1.54, 1.807) is 17.7 Å². The van der Waals surface area contributed by atoms with Gasteiger partial charge in [0.15, 0.2) is 0 Å². The van der Waals surface area contributed by atoms with E-state index in [1.807, 2.05) is 23.0 Å². The molecule has 0 aromatic carbocycles. The second-order valence-electron chi connectivity index (χ2n) is 3.57. The SMILES string of the molecule is CNc1cc(NCc2csc3ncnn23)ncn1. The number of rotatable bonds is 4. The van der Waals surface area contributed by atoms with Crippen LogP contribution >= 0.6 is 11.3 Å². The minimum Gasteiger partial charge on any atom is -0.373 e. The summed E-state index contributed by atoms with van der Waals surface area (Å²) in [5.74, 6) is 1.55. The number of anilines is 2. The maximum Gasteiger partial charge on any atom is 0.212 e. The Morgan fingerprint density at radius 1 is 1.22 bits per heavy atom. The number of hydrogen-bond donors (Lipinski definition) is 2. The minimum absolute atomic E-state index is 0.642. The molecule has 0 amide bonds. The van der Waals surface area contributed by atoms with E-state index in [4.69, 9.17) is 0 Å². The predicted octanol–water partition coefficient (Wildman–Crippen LogP) is 1.23. The molecule has 3 heterocycles. The molecule has 0 saturated heterocycles. The van der Waals surface area contributed by atoms with Crippen molar-refractivity contribution < 1.29 is 0 Å². The molecule has 0 bridgehead atoms. The second kappa shape index (κ2) is 4.57. The first-order chi connectivity index (χ1) is 8.86. The molecule has 0 radical (unpaired) electrons. The summed E-state index contributed by atoms with van der Waals surface area (Å²) in [6.07, 6.45) is 3.08. The third-order valence-electron chi connectivity index (χ3n) is 2.46. The van der Waals surface area contributed by atoms with Crippen LogP contribution in [0.15, 0.2) is 24.1 Å². The predicted molar refractivity (Wildman–Crippen MR) is 69.8 cm³/mol. The molecule has 0 unspecified atom stereocenters. The average molecular weight is 261 g/mol. The summed E-state index contributed by atoms with van der Waals surface area (Å²) in [5.41, 5.74) is 1.05. The molecule has 18 heavy (non-hydrogen) atoms. The van der Waals surface area contributed by atoms with Crippen LogP contribution in [0, 0.1) is 0 Å². The highest BCUT2D eigenvalue weighted by atomic mass is 32.1. The normalized spacial score (nSPS) is 10.7. The van der Waals surface area contributed by atoms with Gasteiger partial charge in [-0.2, -0.15) is 5.10 Å². The molecule has 92 valence electrons. The van der Waals surface area contributed by atoms with Gasteiger partial charge in [-0.1, -0.05) is 0 Å². The van der Waals surface area contributed by atoms with Gasteiger partial charge in [0, 0.05) is 18.5 Å². The van der Waals surface area contributed by atoms with Crippen molar-refractivity contribution in [2.45, 2.75) is 6.54 Å². The molecule has 8 heteroatoms.